The second kappa shape index (κ2) is 6.50. The zero-order chi connectivity index (χ0) is 13.0. The van der Waals surface area contributed by atoms with E-state index in [0.717, 1.165) is 31.7 Å². The maximum absolute atomic E-state index is 13.3. The van der Waals surface area contributed by atoms with Crippen molar-refractivity contribution in [2.24, 2.45) is 0 Å². The quantitative estimate of drug-likeness (QED) is 0.905. The van der Waals surface area contributed by atoms with Crippen LogP contribution in [0.3, 0.4) is 0 Å². The predicted octanol–water partition coefficient (Wildman–Crippen LogP) is 3.05. The molecular formula is C14H20ClFN2. The minimum atomic E-state index is -0.216. The van der Waals surface area contributed by atoms with Crippen LogP contribution in [0.1, 0.15) is 25.3 Å². The maximum Gasteiger partial charge on any atom is 0.123 e. The van der Waals surface area contributed by atoms with Gasteiger partial charge in [-0.2, -0.15) is 0 Å². The van der Waals surface area contributed by atoms with E-state index >= 15 is 0 Å². The standard InChI is InChI=1S/C14H20ClFN2/c1-2-18(13-4-3-7-17-9-13)10-11-8-12(16)5-6-14(11)15/h5-6,8,13,17H,2-4,7,9-10H2,1H3. The molecule has 0 aromatic heterocycles. The first-order valence-corrected chi connectivity index (χ1v) is 6.97. The molecule has 0 aliphatic carbocycles. The molecule has 1 heterocycles. The minimum Gasteiger partial charge on any atom is -0.315 e. The molecule has 1 N–H and O–H groups in total. The third-order valence-corrected chi connectivity index (χ3v) is 3.94. The molecule has 2 nitrogen and oxygen atoms in total. The van der Waals surface area contributed by atoms with Gasteiger partial charge in [-0.25, -0.2) is 4.39 Å². The second-order valence-corrected chi connectivity index (χ2v) is 5.21. The van der Waals surface area contributed by atoms with Crippen LogP contribution in [-0.2, 0) is 6.54 Å². The van der Waals surface area contributed by atoms with Gasteiger partial charge >= 0.3 is 0 Å². The fraction of sp³-hybridized carbons (Fsp3) is 0.571. The molecule has 1 fully saturated rings. The average molecular weight is 271 g/mol. The zero-order valence-electron chi connectivity index (χ0n) is 10.8. The van der Waals surface area contributed by atoms with Crippen LogP contribution in [0.4, 0.5) is 4.39 Å². The topological polar surface area (TPSA) is 15.3 Å². The van der Waals surface area contributed by atoms with E-state index in [1.54, 1.807) is 12.1 Å². The van der Waals surface area contributed by atoms with Gasteiger partial charge in [-0.15, -0.1) is 0 Å². The molecule has 1 unspecified atom stereocenters. The first-order chi connectivity index (χ1) is 8.70. The highest BCUT2D eigenvalue weighted by Crippen LogP contribution is 2.21. The summed E-state index contributed by atoms with van der Waals surface area (Å²) in [6.45, 7) is 5.94. The Labute approximate surface area is 113 Å². The van der Waals surface area contributed by atoms with Crippen LogP contribution in [0.25, 0.3) is 0 Å². The van der Waals surface area contributed by atoms with Gasteiger partial charge < -0.3 is 5.32 Å². The number of piperidine rings is 1. The van der Waals surface area contributed by atoms with Crippen molar-refractivity contribution in [1.29, 1.82) is 0 Å². The number of nitrogens with zero attached hydrogens (tertiary/aromatic N) is 1. The summed E-state index contributed by atoms with van der Waals surface area (Å²) in [6.07, 6.45) is 2.41. The lowest BCUT2D eigenvalue weighted by molar-refractivity contribution is 0.166. The van der Waals surface area contributed by atoms with E-state index in [2.05, 4.69) is 17.1 Å². The zero-order valence-corrected chi connectivity index (χ0v) is 11.5. The second-order valence-electron chi connectivity index (χ2n) is 4.80. The van der Waals surface area contributed by atoms with Crippen molar-refractivity contribution in [2.75, 3.05) is 19.6 Å². The Balaban J connectivity index is 2.06. The molecule has 0 bridgehead atoms. The van der Waals surface area contributed by atoms with Crippen LogP contribution in [0, 0.1) is 5.82 Å². The number of nitrogens with one attached hydrogen (secondary N) is 1. The summed E-state index contributed by atoms with van der Waals surface area (Å²) in [6, 6.07) is 5.12. The average Bonchev–Trinajstić information content (AvgIpc) is 2.41. The Morgan fingerprint density at radius 1 is 1.50 bits per heavy atom. The maximum atomic E-state index is 13.3. The van der Waals surface area contributed by atoms with Crippen LogP contribution in [0.2, 0.25) is 5.02 Å². The van der Waals surface area contributed by atoms with E-state index in [4.69, 9.17) is 11.6 Å². The van der Waals surface area contributed by atoms with Gasteiger partial charge in [0, 0.05) is 24.2 Å². The molecule has 0 amide bonds. The number of rotatable bonds is 4. The summed E-state index contributed by atoms with van der Waals surface area (Å²) >= 11 is 6.13. The lowest BCUT2D eigenvalue weighted by Crippen LogP contribution is -2.45. The molecule has 1 aliphatic rings. The van der Waals surface area contributed by atoms with Crippen LogP contribution >= 0.6 is 11.6 Å². The molecule has 1 saturated heterocycles. The van der Waals surface area contributed by atoms with Crippen molar-refractivity contribution in [2.45, 2.75) is 32.4 Å². The number of benzene rings is 1. The summed E-state index contributed by atoms with van der Waals surface area (Å²) in [5, 5.41) is 4.06. The van der Waals surface area contributed by atoms with Gasteiger partial charge in [-0.05, 0) is 49.7 Å². The van der Waals surface area contributed by atoms with Gasteiger partial charge in [0.2, 0.25) is 0 Å². The largest absolute Gasteiger partial charge is 0.315 e. The lowest BCUT2D eigenvalue weighted by Gasteiger charge is -2.34. The molecule has 18 heavy (non-hydrogen) atoms. The van der Waals surface area contributed by atoms with Gasteiger partial charge in [-0.3, -0.25) is 4.90 Å². The van der Waals surface area contributed by atoms with Crippen LogP contribution in [0.15, 0.2) is 18.2 Å². The van der Waals surface area contributed by atoms with Gasteiger partial charge in [0.1, 0.15) is 5.82 Å². The number of likely N-dealkylation sites (N-methyl/N-ethyl adjacent to an activating group) is 1. The SMILES string of the molecule is CCN(Cc1cc(F)ccc1Cl)C1CCCNC1. The Hall–Kier alpha value is -0.640. The normalized spacial score (nSPS) is 20.3. The van der Waals surface area contributed by atoms with Crippen molar-refractivity contribution in [3.05, 3.63) is 34.6 Å². The van der Waals surface area contributed by atoms with Crippen LogP contribution < -0.4 is 5.32 Å². The Kier molecular flexibility index (Phi) is 4.98. The molecule has 1 aromatic carbocycles. The van der Waals surface area contributed by atoms with E-state index in [1.165, 1.54) is 18.9 Å². The summed E-state index contributed by atoms with van der Waals surface area (Å²) in [5.74, 6) is -0.216. The van der Waals surface area contributed by atoms with Gasteiger partial charge in [0.15, 0.2) is 0 Å². The highest BCUT2D eigenvalue weighted by Gasteiger charge is 2.20. The predicted molar refractivity (Wildman–Crippen MR) is 73.4 cm³/mol. The van der Waals surface area contributed by atoms with Crippen LogP contribution in [-0.4, -0.2) is 30.6 Å². The molecule has 0 radical (unpaired) electrons. The highest BCUT2D eigenvalue weighted by molar-refractivity contribution is 6.31. The van der Waals surface area contributed by atoms with Crippen molar-refractivity contribution in [1.82, 2.24) is 10.2 Å². The monoisotopic (exact) mass is 270 g/mol. The Bertz CT molecular complexity index is 391. The Morgan fingerprint density at radius 2 is 2.33 bits per heavy atom. The molecule has 1 aliphatic heterocycles. The highest BCUT2D eigenvalue weighted by atomic mass is 35.5. The first-order valence-electron chi connectivity index (χ1n) is 6.59. The molecular weight excluding hydrogens is 251 g/mol. The van der Waals surface area contributed by atoms with Crippen molar-refractivity contribution >= 4 is 11.6 Å². The van der Waals surface area contributed by atoms with Gasteiger partial charge in [0.05, 0.1) is 0 Å². The minimum absolute atomic E-state index is 0.216. The fourth-order valence-corrected chi connectivity index (χ4v) is 2.70. The third-order valence-electron chi connectivity index (χ3n) is 3.57. The summed E-state index contributed by atoms with van der Waals surface area (Å²) in [4.78, 5) is 2.37. The molecule has 0 spiro atoms. The number of hydrogen-bond acceptors (Lipinski definition) is 2. The van der Waals surface area contributed by atoms with Crippen molar-refractivity contribution in [3.8, 4) is 0 Å². The summed E-state index contributed by atoms with van der Waals surface area (Å²) in [7, 11) is 0. The van der Waals surface area contributed by atoms with E-state index in [-0.39, 0.29) is 5.82 Å². The molecule has 100 valence electrons. The molecule has 0 saturated carbocycles. The Morgan fingerprint density at radius 3 is 3.00 bits per heavy atom. The third kappa shape index (κ3) is 3.44. The smallest absolute Gasteiger partial charge is 0.123 e. The number of hydrogen-bond donors (Lipinski definition) is 1. The first kappa shape index (κ1) is 13.8. The van der Waals surface area contributed by atoms with E-state index < -0.39 is 0 Å². The van der Waals surface area contributed by atoms with Crippen LogP contribution in [0.5, 0.6) is 0 Å². The van der Waals surface area contributed by atoms with Gasteiger partial charge in [0.25, 0.3) is 0 Å². The van der Waals surface area contributed by atoms with Crippen molar-refractivity contribution in [3.63, 3.8) is 0 Å². The molecule has 4 heteroatoms. The van der Waals surface area contributed by atoms with E-state index in [1.807, 2.05) is 0 Å². The molecule has 1 atom stereocenters. The fourth-order valence-electron chi connectivity index (χ4n) is 2.53. The molecule has 2 rings (SSSR count). The van der Waals surface area contributed by atoms with E-state index in [9.17, 15) is 4.39 Å². The summed E-state index contributed by atoms with van der Waals surface area (Å²) < 4.78 is 13.3. The number of halogens is 2. The summed E-state index contributed by atoms with van der Waals surface area (Å²) in [5.41, 5.74) is 0.879. The van der Waals surface area contributed by atoms with Gasteiger partial charge in [-0.1, -0.05) is 18.5 Å². The van der Waals surface area contributed by atoms with Crippen molar-refractivity contribution < 1.29 is 4.39 Å². The molecule has 1 aromatic rings. The van der Waals surface area contributed by atoms with E-state index in [0.29, 0.717) is 11.1 Å². The lowest BCUT2D eigenvalue weighted by atomic mass is 10.0.